The smallest absolute Gasteiger partial charge is 0.000719 e. The Balaban J connectivity index is 2.21. The van der Waals surface area contributed by atoms with Crippen LogP contribution in [0.15, 0.2) is 0 Å². The fraction of sp³-hybridized carbons (Fsp3) is 1.00. The second-order valence-corrected chi connectivity index (χ2v) is 4.48. The van der Waals surface area contributed by atoms with Crippen molar-refractivity contribution in [2.75, 3.05) is 33.7 Å². The molecule has 1 fully saturated rings. The maximum absolute atomic E-state index is 3.29. The minimum atomic E-state index is 0.890. The fourth-order valence-electron chi connectivity index (χ4n) is 2.37. The Hall–Kier alpha value is -0.0800. The van der Waals surface area contributed by atoms with Gasteiger partial charge in [0.15, 0.2) is 0 Å². The minimum absolute atomic E-state index is 0.890. The number of nitrogens with one attached hydrogen (secondary N) is 1. The predicted molar refractivity (Wildman–Crippen MR) is 57.9 cm³/mol. The monoisotopic (exact) mass is 184 g/mol. The van der Waals surface area contributed by atoms with Crippen LogP contribution in [0.5, 0.6) is 0 Å². The molecule has 2 heteroatoms. The molecule has 1 aliphatic heterocycles. The summed E-state index contributed by atoms with van der Waals surface area (Å²) in [4.78, 5) is 2.46. The van der Waals surface area contributed by atoms with E-state index in [4.69, 9.17) is 0 Å². The van der Waals surface area contributed by atoms with Gasteiger partial charge < -0.3 is 10.2 Å². The number of rotatable bonds is 5. The maximum atomic E-state index is 3.29. The standard InChI is InChI=1S/C11H24N2/c1-4-10(8-12-2)7-11-5-6-13(3)9-11/h10-12H,4-9H2,1-3H3. The Labute approximate surface area is 82.7 Å². The van der Waals surface area contributed by atoms with E-state index < -0.39 is 0 Å². The Morgan fingerprint density at radius 1 is 1.54 bits per heavy atom. The van der Waals surface area contributed by atoms with Crippen molar-refractivity contribution in [1.29, 1.82) is 0 Å². The highest BCUT2D eigenvalue weighted by molar-refractivity contribution is 4.76. The zero-order chi connectivity index (χ0) is 9.68. The summed E-state index contributed by atoms with van der Waals surface area (Å²) < 4.78 is 0. The van der Waals surface area contributed by atoms with Crippen molar-refractivity contribution < 1.29 is 0 Å². The second-order valence-electron chi connectivity index (χ2n) is 4.48. The first kappa shape index (κ1) is 11.0. The molecule has 2 atom stereocenters. The Morgan fingerprint density at radius 2 is 2.31 bits per heavy atom. The number of nitrogens with zero attached hydrogens (tertiary/aromatic N) is 1. The maximum Gasteiger partial charge on any atom is 0.000719 e. The molecule has 0 aliphatic carbocycles. The first-order valence-corrected chi connectivity index (χ1v) is 5.59. The van der Waals surface area contributed by atoms with Gasteiger partial charge in [-0.15, -0.1) is 0 Å². The molecule has 0 saturated carbocycles. The van der Waals surface area contributed by atoms with Crippen molar-refractivity contribution in [3.63, 3.8) is 0 Å². The van der Waals surface area contributed by atoms with Crippen LogP contribution in [0.3, 0.4) is 0 Å². The summed E-state index contributed by atoms with van der Waals surface area (Å²) in [6.07, 6.45) is 4.15. The third-order valence-corrected chi connectivity index (χ3v) is 3.23. The fourth-order valence-corrected chi connectivity index (χ4v) is 2.37. The molecule has 0 aromatic rings. The highest BCUT2D eigenvalue weighted by Gasteiger charge is 2.21. The molecule has 78 valence electrons. The van der Waals surface area contributed by atoms with Crippen LogP contribution in [-0.2, 0) is 0 Å². The Morgan fingerprint density at radius 3 is 2.77 bits per heavy atom. The van der Waals surface area contributed by atoms with Crippen LogP contribution >= 0.6 is 0 Å². The van der Waals surface area contributed by atoms with E-state index in [-0.39, 0.29) is 0 Å². The summed E-state index contributed by atoms with van der Waals surface area (Å²) in [6, 6.07) is 0. The molecule has 1 N–H and O–H groups in total. The Kier molecular flexibility index (Phi) is 4.74. The van der Waals surface area contributed by atoms with Crippen molar-refractivity contribution in [2.24, 2.45) is 11.8 Å². The summed E-state index contributed by atoms with van der Waals surface area (Å²) >= 11 is 0. The van der Waals surface area contributed by atoms with Gasteiger partial charge in [-0.25, -0.2) is 0 Å². The average molecular weight is 184 g/mol. The van der Waals surface area contributed by atoms with Crippen LogP contribution in [0.25, 0.3) is 0 Å². The first-order chi connectivity index (χ1) is 6.26. The number of hydrogen-bond donors (Lipinski definition) is 1. The molecule has 2 nitrogen and oxygen atoms in total. The molecule has 2 unspecified atom stereocenters. The van der Waals surface area contributed by atoms with Crippen LogP contribution in [0.1, 0.15) is 26.2 Å². The summed E-state index contributed by atoms with van der Waals surface area (Å²) in [6.45, 7) is 6.12. The van der Waals surface area contributed by atoms with Gasteiger partial charge in [0, 0.05) is 6.54 Å². The normalized spacial score (nSPS) is 26.5. The second kappa shape index (κ2) is 5.61. The van der Waals surface area contributed by atoms with Gasteiger partial charge in [-0.1, -0.05) is 13.3 Å². The lowest BCUT2D eigenvalue weighted by Crippen LogP contribution is -2.22. The molecule has 0 aromatic heterocycles. The van der Waals surface area contributed by atoms with Gasteiger partial charge in [-0.3, -0.25) is 0 Å². The molecule has 0 amide bonds. The van der Waals surface area contributed by atoms with Crippen LogP contribution in [-0.4, -0.2) is 38.6 Å². The highest BCUT2D eigenvalue weighted by Crippen LogP contribution is 2.23. The van der Waals surface area contributed by atoms with Crippen LogP contribution < -0.4 is 5.32 Å². The quantitative estimate of drug-likeness (QED) is 0.698. The lowest BCUT2D eigenvalue weighted by Gasteiger charge is -2.18. The van der Waals surface area contributed by atoms with Gasteiger partial charge in [-0.2, -0.15) is 0 Å². The molecular weight excluding hydrogens is 160 g/mol. The summed E-state index contributed by atoms with van der Waals surface area (Å²) in [7, 11) is 4.29. The van der Waals surface area contributed by atoms with Crippen molar-refractivity contribution in [3.05, 3.63) is 0 Å². The van der Waals surface area contributed by atoms with E-state index in [1.54, 1.807) is 0 Å². The summed E-state index contributed by atoms with van der Waals surface area (Å²) in [5.74, 6) is 1.85. The van der Waals surface area contributed by atoms with Crippen molar-refractivity contribution in [1.82, 2.24) is 10.2 Å². The Bertz CT molecular complexity index is 134. The molecule has 0 bridgehead atoms. The van der Waals surface area contributed by atoms with E-state index in [1.807, 2.05) is 0 Å². The van der Waals surface area contributed by atoms with E-state index in [9.17, 15) is 0 Å². The summed E-state index contributed by atoms with van der Waals surface area (Å²) in [5.41, 5.74) is 0. The van der Waals surface area contributed by atoms with E-state index in [2.05, 4.69) is 31.2 Å². The molecule has 1 saturated heterocycles. The van der Waals surface area contributed by atoms with E-state index in [0.29, 0.717) is 0 Å². The number of likely N-dealkylation sites (tertiary alicyclic amines) is 1. The molecule has 1 rings (SSSR count). The van der Waals surface area contributed by atoms with Crippen LogP contribution in [0.4, 0.5) is 0 Å². The average Bonchev–Trinajstić information content (AvgIpc) is 2.50. The SMILES string of the molecule is CCC(CNC)CC1CCN(C)C1. The van der Waals surface area contributed by atoms with Crippen LogP contribution in [0, 0.1) is 11.8 Å². The van der Waals surface area contributed by atoms with Crippen LogP contribution in [0.2, 0.25) is 0 Å². The van der Waals surface area contributed by atoms with E-state index in [0.717, 1.165) is 11.8 Å². The van der Waals surface area contributed by atoms with Crippen molar-refractivity contribution in [3.8, 4) is 0 Å². The topological polar surface area (TPSA) is 15.3 Å². The van der Waals surface area contributed by atoms with Crippen molar-refractivity contribution in [2.45, 2.75) is 26.2 Å². The third kappa shape index (κ3) is 3.65. The van der Waals surface area contributed by atoms with Gasteiger partial charge in [0.05, 0.1) is 0 Å². The molecule has 0 spiro atoms. The van der Waals surface area contributed by atoms with E-state index in [1.165, 1.54) is 38.9 Å². The molecule has 0 radical (unpaired) electrons. The lowest BCUT2D eigenvalue weighted by molar-refractivity contribution is 0.337. The zero-order valence-corrected chi connectivity index (χ0v) is 9.34. The first-order valence-electron chi connectivity index (χ1n) is 5.59. The third-order valence-electron chi connectivity index (χ3n) is 3.23. The highest BCUT2D eigenvalue weighted by atomic mass is 15.1. The molecule has 13 heavy (non-hydrogen) atoms. The van der Waals surface area contributed by atoms with Gasteiger partial charge in [-0.05, 0) is 51.9 Å². The van der Waals surface area contributed by atoms with Gasteiger partial charge in [0.1, 0.15) is 0 Å². The van der Waals surface area contributed by atoms with Gasteiger partial charge >= 0.3 is 0 Å². The number of hydrogen-bond acceptors (Lipinski definition) is 2. The van der Waals surface area contributed by atoms with Crippen molar-refractivity contribution >= 4 is 0 Å². The van der Waals surface area contributed by atoms with Gasteiger partial charge in [0.2, 0.25) is 0 Å². The van der Waals surface area contributed by atoms with E-state index >= 15 is 0 Å². The molecule has 1 aliphatic rings. The summed E-state index contributed by atoms with van der Waals surface area (Å²) in [5, 5.41) is 3.29. The lowest BCUT2D eigenvalue weighted by atomic mass is 9.92. The largest absolute Gasteiger partial charge is 0.319 e. The zero-order valence-electron chi connectivity index (χ0n) is 9.34. The molecular formula is C11H24N2. The van der Waals surface area contributed by atoms with Gasteiger partial charge in [0.25, 0.3) is 0 Å². The molecule has 0 aromatic carbocycles. The minimum Gasteiger partial charge on any atom is -0.319 e. The predicted octanol–water partition coefficient (Wildman–Crippen LogP) is 1.57. The molecule has 1 heterocycles.